The second kappa shape index (κ2) is 8.26. The van der Waals surface area contributed by atoms with Gasteiger partial charge in [0, 0.05) is 13.0 Å². The Morgan fingerprint density at radius 3 is 2.37 bits per heavy atom. The number of rotatable bonds is 7. The molecule has 0 aromatic heterocycles. The zero-order chi connectivity index (χ0) is 14.1. The second-order valence-electron chi connectivity index (χ2n) is 4.06. The number of amides is 1. The predicted molar refractivity (Wildman–Crippen MR) is 70.1 cm³/mol. The summed E-state index contributed by atoms with van der Waals surface area (Å²) < 4.78 is 4.74. The first-order chi connectivity index (χ1) is 9.15. The van der Waals surface area contributed by atoms with Crippen LogP contribution in [0.4, 0.5) is 0 Å². The Morgan fingerprint density at radius 2 is 1.79 bits per heavy atom. The van der Waals surface area contributed by atoms with E-state index in [9.17, 15) is 9.59 Å². The maximum Gasteiger partial charge on any atom is 0.306 e. The highest BCUT2D eigenvalue weighted by molar-refractivity contribution is 5.81. The molecule has 1 aromatic carbocycles. The number of carbonyl (C=O) groups excluding carboxylic acids is 2. The van der Waals surface area contributed by atoms with Crippen molar-refractivity contribution in [2.45, 2.75) is 32.9 Å². The van der Waals surface area contributed by atoms with Gasteiger partial charge in [-0.15, -0.1) is 0 Å². The van der Waals surface area contributed by atoms with E-state index in [-0.39, 0.29) is 31.3 Å². The number of hydrogen-bond acceptors (Lipinski definition) is 4. The van der Waals surface area contributed by atoms with E-state index >= 15 is 0 Å². The normalized spacial score (nSPS) is 10.0. The Bertz CT molecular complexity index is 414. The molecule has 0 spiro atoms. The molecule has 0 saturated carbocycles. The van der Waals surface area contributed by atoms with E-state index in [1.807, 2.05) is 12.1 Å². The van der Waals surface area contributed by atoms with Gasteiger partial charge < -0.3 is 15.2 Å². The molecule has 0 saturated heterocycles. The molecule has 0 aliphatic rings. The molecule has 0 unspecified atom stereocenters. The molecule has 1 rings (SSSR count). The number of esters is 1. The van der Waals surface area contributed by atoms with Gasteiger partial charge in [0.2, 0.25) is 5.91 Å². The number of benzene rings is 1. The minimum absolute atomic E-state index is 0.00613. The lowest BCUT2D eigenvalue weighted by atomic mass is 10.1. The van der Waals surface area contributed by atoms with Gasteiger partial charge in [0.25, 0.3) is 0 Å². The van der Waals surface area contributed by atoms with Gasteiger partial charge in [-0.2, -0.15) is 0 Å². The fourth-order valence-corrected chi connectivity index (χ4v) is 1.50. The van der Waals surface area contributed by atoms with Crippen LogP contribution in [0.15, 0.2) is 24.3 Å². The standard InChI is InChI=1S/C14H19NO4/c1-2-19-14(18)8-7-13(17)15-9-11-3-5-12(10-16)6-4-11/h3-6,16H,2,7-10H2,1H3,(H,15,17). The zero-order valence-corrected chi connectivity index (χ0v) is 11.0. The van der Waals surface area contributed by atoms with Crippen LogP contribution in [-0.2, 0) is 27.5 Å². The van der Waals surface area contributed by atoms with Crippen molar-refractivity contribution in [3.63, 3.8) is 0 Å². The van der Waals surface area contributed by atoms with Crippen molar-refractivity contribution in [3.8, 4) is 0 Å². The summed E-state index contributed by atoms with van der Waals surface area (Å²) in [5.74, 6) is -0.538. The van der Waals surface area contributed by atoms with Crippen LogP contribution in [0.5, 0.6) is 0 Å². The van der Waals surface area contributed by atoms with Crippen LogP contribution in [0.3, 0.4) is 0 Å². The Hall–Kier alpha value is -1.88. The highest BCUT2D eigenvalue weighted by atomic mass is 16.5. The molecule has 0 bridgehead atoms. The third kappa shape index (κ3) is 6.01. The molecule has 104 valence electrons. The van der Waals surface area contributed by atoms with E-state index in [4.69, 9.17) is 9.84 Å². The molecular formula is C14H19NO4. The van der Waals surface area contributed by atoms with Crippen molar-refractivity contribution in [1.82, 2.24) is 5.32 Å². The van der Waals surface area contributed by atoms with Crippen LogP contribution in [0.1, 0.15) is 30.9 Å². The molecular weight excluding hydrogens is 246 g/mol. The van der Waals surface area contributed by atoms with Crippen LogP contribution in [0.2, 0.25) is 0 Å². The van der Waals surface area contributed by atoms with Crippen LogP contribution >= 0.6 is 0 Å². The molecule has 1 amide bonds. The van der Waals surface area contributed by atoms with E-state index in [1.54, 1.807) is 19.1 Å². The highest BCUT2D eigenvalue weighted by Crippen LogP contribution is 2.04. The van der Waals surface area contributed by atoms with Gasteiger partial charge in [-0.1, -0.05) is 24.3 Å². The Kier molecular flexibility index (Phi) is 6.60. The number of carbonyl (C=O) groups is 2. The molecule has 0 radical (unpaired) electrons. The van der Waals surface area contributed by atoms with E-state index < -0.39 is 0 Å². The summed E-state index contributed by atoms with van der Waals surface area (Å²) in [5.41, 5.74) is 1.78. The van der Waals surface area contributed by atoms with Crippen LogP contribution < -0.4 is 5.32 Å². The summed E-state index contributed by atoms with van der Waals surface area (Å²) >= 11 is 0. The molecule has 2 N–H and O–H groups in total. The summed E-state index contributed by atoms with van der Waals surface area (Å²) in [7, 11) is 0. The molecule has 5 nitrogen and oxygen atoms in total. The average Bonchev–Trinajstić information content (AvgIpc) is 2.44. The predicted octanol–water partition coefficient (Wildman–Crippen LogP) is 1.14. The highest BCUT2D eigenvalue weighted by Gasteiger charge is 2.07. The smallest absolute Gasteiger partial charge is 0.306 e. The van der Waals surface area contributed by atoms with Crippen LogP contribution in [0.25, 0.3) is 0 Å². The van der Waals surface area contributed by atoms with Crippen LogP contribution in [0, 0.1) is 0 Å². The molecule has 5 heteroatoms. The van der Waals surface area contributed by atoms with E-state index in [1.165, 1.54) is 0 Å². The van der Waals surface area contributed by atoms with Crippen molar-refractivity contribution in [2.75, 3.05) is 6.61 Å². The molecule has 0 aliphatic heterocycles. The summed E-state index contributed by atoms with van der Waals surface area (Å²) in [6.45, 7) is 2.48. The third-order valence-electron chi connectivity index (χ3n) is 2.56. The van der Waals surface area contributed by atoms with Gasteiger partial charge in [-0.25, -0.2) is 0 Å². The zero-order valence-electron chi connectivity index (χ0n) is 11.0. The molecule has 0 aliphatic carbocycles. The first kappa shape index (κ1) is 15.2. The second-order valence-corrected chi connectivity index (χ2v) is 4.06. The quantitative estimate of drug-likeness (QED) is 0.725. The summed E-state index contributed by atoms with van der Waals surface area (Å²) in [6, 6.07) is 7.30. The van der Waals surface area contributed by atoms with Crippen molar-refractivity contribution in [2.24, 2.45) is 0 Å². The molecule has 0 heterocycles. The maximum atomic E-state index is 11.5. The third-order valence-corrected chi connectivity index (χ3v) is 2.56. The number of ether oxygens (including phenoxy) is 1. The van der Waals surface area contributed by atoms with Gasteiger partial charge in [-0.3, -0.25) is 9.59 Å². The fraction of sp³-hybridized carbons (Fsp3) is 0.429. The average molecular weight is 265 g/mol. The van der Waals surface area contributed by atoms with E-state index in [0.717, 1.165) is 11.1 Å². The topological polar surface area (TPSA) is 75.6 Å². The van der Waals surface area contributed by atoms with E-state index in [2.05, 4.69) is 5.32 Å². The SMILES string of the molecule is CCOC(=O)CCC(=O)NCc1ccc(CO)cc1. The van der Waals surface area contributed by atoms with Gasteiger partial charge in [0.05, 0.1) is 19.6 Å². The van der Waals surface area contributed by atoms with Crippen molar-refractivity contribution in [3.05, 3.63) is 35.4 Å². The van der Waals surface area contributed by atoms with Crippen LogP contribution in [-0.4, -0.2) is 23.6 Å². The first-order valence-corrected chi connectivity index (χ1v) is 6.26. The van der Waals surface area contributed by atoms with E-state index in [0.29, 0.717) is 13.2 Å². The lowest BCUT2D eigenvalue weighted by Crippen LogP contribution is -2.23. The summed E-state index contributed by atoms with van der Waals surface area (Å²) in [5, 5.41) is 11.6. The number of hydrogen-bond donors (Lipinski definition) is 2. The minimum Gasteiger partial charge on any atom is -0.466 e. The van der Waals surface area contributed by atoms with Gasteiger partial charge in [0.1, 0.15) is 0 Å². The molecule has 19 heavy (non-hydrogen) atoms. The lowest BCUT2D eigenvalue weighted by Gasteiger charge is -2.06. The number of aliphatic hydroxyl groups is 1. The number of nitrogens with one attached hydrogen (secondary N) is 1. The largest absolute Gasteiger partial charge is 0.466 e. The Morgan fingerprint density at radius 1 is 1.16 bits per heavy atom. The maximum absolute atomic E-state index is 11.5. The van der Waals surface area contributed by atoms with Crippen molar-refractivity contribution < 1.29 is 19.4 Å². The van der Waals surface area contributed by atoms with Crippen molar-refractivity contribution >= 4 is 11.9 Å². The summed E-state index contributed by atoms with van der Waals surface area (Å²) in [4.78, 5) is 22.6. The Labute approximate surface area is 112 Å². The fourth-order valence-electron chi connectivity index (χ4n) is 1.50. The molecule has 0 fully saturated rings. The van der Waals surface area contributed by atoms with Crippen molar-refractivity contribution in [1.29, 1.82) is 0 Å². The first-order valence-electron chi connectivity index (χ1n) is 6.26. The van der Waals surface area contributed by atoms with Gasteiger partial charge >= 0.3 is 5.97 Å². The number of aliphatic hydroxyl groups excluding tert-OH is 1. The lowest BCUT2D eigenvalue weighted by molar-refractivity contribution is -0.144. The van der Waals surface area contributed by atoms with Gasteiger partial charge in [0.15, 0.2) is 0 Å². The van der Waals surface area contributed by atoms with Gasteiger partial charge in [-0.05, 0) is 18.1 Å². The minimum atomic E-state index is -0.357. The monoisotopic (exact) mass is 265 g/mol. The summed E-state index contributed by atoms with van der Waals surface area (Å²) in [6.07, 6.45) is 0.233. The molecule has 1 aromatic rings. The molecule has 0 atom stereocenters. The Balaban J connectivity index is 2.27.